The second kappa shape index (κ2) is 9.12. The first-order chi connectivity index (χ1) is 13.5. The van der Waals surface area contributed by atoms with E-state index in [9.17, 15) is 14.5 Å². The van der Waals surface area contributed by atoms with Gasteiger partial charge >= 0.3 is 5.69 Å². The topological polar surface area (TPSA) is 81.6 Å². The number of benzene rings is 2. The second-order valence-electron chi connectivity index (χ2n) is 7.36. The van der Waals surface area contributed by atoms with Crippen molar-refractivity contribution in [2.45, 2.75) is 50.9 Å². The molecular formula is C21H26FN3O3. The highest BCUT2D eigenvalue weighted by atomic mass is 19.1. The van der Waals surface area contributed by atoms with Crippen LogP contribution in [0, 0.1) is 15.9 Å². The van der Waals surface area contributed by atoms with Gasteiger partial charge in [0.25, 0.3) is 0 Å². The van der Waals surface area contributed by atoms with Gasteiger partial charge in [0.05, 0.1) is 12.0 Å². The van der Waals surface area contributed by atoms with E-state index < -0.39 is 4.92 Å². The Labute approximate surface area is 164 Å². The summed E-state index contributed by atoms with van der Waals surface area (Å²) in [6, 6.07) is 12.1. The van der Waals surface area contributed by atoms with Crippen molar-refractivity contribution in [2.24, 2.45) is 5.73 Å². The Bertz CT molecular complexity index is 805. The van der Waals surface area contributed by atoms with Gasteiger partial charge in [0.1, 0.15) is 5.82 Å². The summed E-state index contributed by atoms with van der Waals surface area (Å²) in [5.41, 5.74) is 7.88. The molecule has 0 aliphatic heterocycles. The maximum absolute atomic E-state index is 13.3. The Morgan fingerprint density at radius 1 is 1.11 bits per heavy atom. The number of nitro benzene ring substituents is 1. The summed E-state index contributed by atoms with van der Waals surface area (Å²) in [7, 11) is 1.42. The summed E-state index contributed by atoms with van der Waals surface area (Å²) in [6.07, 6.45) is 3.90. The van der Waals surface area contributed by atoms with E-state index in [1.165, 1.54) is 19.2 Å². The van der Waals surface area contributed by atoms with Gasteiger partial charge in [-0.1, -0.05) is 18.2 Å². The molecule has 1 fully saturated rings. The van der Waals surface area contributed by atoms with E-state index in [0.29, 0.717) is 19.1 Å². The molecule has 1 aliphatic carbocycles. The van der Waals surface area contributed by atoms with Crippen molar-refractivity contribution in [3.8, 4) is 5.75 Å². The molecule has 2 aromatic carbocycles. The van der Waals surface area contributed by atoms with Crippen molar-refractivity contribution in [3.05, 3.63) is 69.5 Å². The van der Waals surface area contributed by atoms with Crippen LogP contribution < -0.4 is 10.5 Å². The van der Waals surface area contributed by atoms with E-state index in [1.807, 2.05) is 6.07 Å². The van der Waals surface area contributed by atoms with Gasteiger partial charge in [0.15, 0.2) is 5.75 Å². The highest BCUT2D eigenvalue weighted by Gasteiger charge is 2.25. The van der Waals surface area contributed by atoms with Crippen molar-refractivity contribution < 1.29 is 14.1 Å². The molecule has 0 radical (unpaired) electrons. The van der Waals surface area contributed by atoms with Crippen LogP contribution in [0.5, 0.6) is 5.75 Å². The average Bonchev–Trinajstić information content (AvgIpc) is 2.69. The Balaban J connectivity index is 1.83. The van der Waals surface area contributed by atoms with Crippen LogP contribution in [-0.4, -0.2) is 29.0 Å². The smallest absolute Gasteiger partial charge is 0.311 e. The zero-order chi connectivity index (χ0) is 20.1. The van der Waals surface area contributed by atoms with Gasteiger partial charge in [-0.2, -0.15) is 0 Å². The molecule has 6 nitrogen and oxygen atoms in total. The Morgan fingerprint density at radius 3 is 2.32 bits per heavy atom. The van der Waals surface area contributed by atoms with E-state index in [2.05, 4.69) is 4.90 Å². The lowest BCUT2D eigenvalue weighted by Gasteiger charge is -2.36. The minimum absolute atomic E-state index is 0.0348. The summed E-state index contributed by atoms with van der Waals surface area (Å²) in [5.74, 6) is -0.00723. The first-order valence-electron chi connectivity index (χ1n) is 9.51. The highest BCUT2D eigenvalue weighted by molar-refractivity contribution is 5.48. The second-order valence-corrected chi connectivity index (χ2v) is 7.36. The third-order valence-electron chi connectivity index (χ3n) is 5.38. The molecule has 1 saturated carbocycles. The van der Waals surface area contributed by atoms with Crippen LogP contribution >= 0.6 is 0 Å². The van der Waals surface area contributed by atoms with Gasteiger partial charge in [-0.15, -0.1) is 0 Å². The first kappa shape index (κ1) is 20.2. The molecule has 0 atom stereocenters. The summed E-state index contributed by atoms with van der Waals surface area (Å²) in [5, 5.41) is 11.3. The average molecular weight is 387 g/mol. The molecule has 2 N–H and O–H groups in total. The van der Waals surface area contributed by atoms with E-state index >= 15 is 0 Å². The number of rotatable bonds is 7. The molecule has 0 bridgehead atoms. The van der Waals surface area contributed by atoms with Gasteiger partial charge < -0.3 is 10.5 Å². The van der Waals surface area contributed by atoms with Gasteiger partial charge in [0.2, 0.25) is 0 Å². The highest BCUT2D eigenvalue weighted by Crippen LogP contribution is 2.30. The molecule has 0 spiro atoms. The predicted molar refractivity (Wildman–Crippen MR) is 106 cm³/mol. The van der Waals surface area contributed by atoms with Crippen molar-refractivity contribution in [3.63, 3.8) is 0 Å². The van der Waals surface area contributed by atoms with E-state index in [1.54, 1.807) is 24.3 Å². The van der Waals surface area contributed by atoms with Crippen molar-refractivity contribution in [2.75, 3.05) is 7.11 Å². The fourth-order valence-electron chi connectivity index (χ4n) is 3.82. The molecule has 150 valence electrons. The SMILES string of the molecule is COc1ccc(CN(Cc2ccc(F)cc2)C2CCC(N)CC2)cc1[N+](=O)[O-]. The van der Waals surface area contributed by atoms with Crippen molar-refractivity contribution >= 4 is 5.69 Å². The standard InChI is InChI=1S/C21H26FN3O3/c1-28-21-11-4-16(12-20(21)25(26)27)14-24(19-9-7-18(23)8-10-19)13-15-2-5-17(22)6-3-15/h2-6,11-12,18-19H,7-10,13-14,23H2,1H3. The van der Waals surface area contributed by atoms with Crippen molar-refractivity contribution in [1.82, 2.24) is 4.90 Å². The molecule has 0 heterocycles. The molecular weight excluding hydrogens is 361 g/mol. The van der Waals surface area contributed by atoms with Gasteiger partial charge in [-0.3, -0.25) is 15.0 Å². The number of nitro groups is 1. The summed E-state index contributed by atoms with van der Waals surface area (Å²) in [6.45, 7) is 1.22. The maximum Gasteiger partial charge on any atom is 0.311 e. The molecule has 28 heavy (non-hydrogen) atoms. The van der Waals surface area contributed by atoms with Crippen LogP contribution in [0.1, 0.15) is 36.8 Å². The van der Waals surface area contributed by atoms with Gasteiger partial charge in [0, 0.05) is 31.2 Å². The van der Waals surface area contributed by atoms with Gasteiger partial charge in [-0.25, -0.2) is 4.39 Å². The minimum atomic E-state index is -0.424. The third-order valence-corrected chi connectivity index (χ3v) is 5.38. The zero-order valence-corrected chi connectivity index (χ0v) is 16.0. The lowest BCUT2D eigenvalue weighted by molar-refractivity contribution is -0.385. The van der Waals surface area contributed by atoms with Crippen LogP contribution in [0.2, 0.25) is 0 Å². The molecule has 0 saturated heterocycles. The Hall–Kier alpha value is -2.51. The monoisotopic (exact) mass is 387 g/mol. The quantitative estimate of drug-likeness (QED) is 0.573. The maximum atomic E-state index is 13.3. The molecule has 0 aromatic heterocycles. The van der Waals surface area contributed by atoms with Crippen LogP contribution in [0.4, 0.5) is 10.1 Å². The largest absolute Gasteiger partial charge is 0.490 e. The Morgan fingerprint density at radius 2 is 1.71 bits per heavy atom. The normalized spacial score (nSPS) is 19.6. The number of hydrogen-bond donors (Lipinski definition) is 1. The van der Waals surface area contributed by atoms with Crippen LogP contribution in [0.25, 0.3) is 0 Å². The van der Waals surface area contributed by atoms with E-state index in [-0.39, 0.29) is 23.3 Å². The summed E-state index contributed by atoms with van der Waals surface area (Å²) in [4.78, 5) is 13.2. The summed E-state index contributed by atoms with van der Waals surface area (Å²) < 4.78 is 18.4. The van der Waals surface area contributed by atoms with Crippen LogP contribution in [0.3, 0.4) is 0 Å². The van der Waals surface area contributed by atoms with E-state index in [4.69, 9.17) is 10.5 Å². The number of halogens is 1. The van der Waals surface area contributed by atoms with Crippen LogP contribution in [-0.2, 0) is 13.1 Å². The molecule has 2 aromatic rings. The summed E-state index contributed by atoms with van der Waals surface area (Å²) >= 11 is 0. The number of hydrogen-bond acceptors (Lipinski definition) is 5. The first-order valence-corrected chi connectivity index (χ1v) is 9.51. The number of nitrogens with two attached hydrogens (primary N) is 1. The minimum Gasteiger partial charge on any atom is -0.490 e. The lowest BCUT2D eigenvalue weighted by atomic mass is 9.90. The van der Waals surface area contributed by atoms with Crippen LogP contribution in [0.15, 0.2) is 42.5 Å². The third kappa shape index (κ3) is 5.05. The van der Waals surface area contributed by atoms with E-state index in [0.717, 1.165) is 36.8 Å². The van der Waals surface area contributed by atoms with Crippen molar-refractivity contribution in [1.29, 1.82) is 0 Å². The number of methoxy groups -OCH3 is 1. The number of nitrogens with zero attached hydrogens (tertiary/aromatic N) is 2. The number of ether oxygens (including phenoxy) is 1. The fourth-order valence-corrected chi connectivity index (χ4v) is 3.82. The molecule has 0 unspecified atom stereocenters. The lowest BCUT2D eigenvalue weighted by Crippen LogP contribution is -2.40. The Kier molecular flexibility index (Phi) is 6.59. The molecule has 1 aliphatic rings. The van der Waals surface area contributed by atoms with Gasteiger partial charge in [-0.05, 0) is 55.0 Å². The predicted octanol–water partition coefficient (Wildman–Crippen LogP) is 4.01. The molecule has 0 amide bonds. The molecule has 7 heteroatoms. The molecule has 3 rings (SSSR count). The zero-order valence-electron chi connectivity index (χ0n) is 16.0. The fraction of sp³-hybridized carbons (Fsp3) is 0.429.